The van der Waals surface area contributed by atoms with Crippen molar-refractivity contribution in [3.63, 3.8) is 0 Å². The molecule has 0 radical (unpaired) electrons. The smallest absolute Gasteiger partial charge is 0.160 e. The number of fused-ring (bicyclic) bond motifs is 3. The highest BCUT2D eigenvalue weighted by atomic mass is 16.3. The maximum atomic E-state index is 6.38. The minimum absolute atomic E-state index is 0.701. The van der Waals surface area contributed by atoms with Crippen LogP contribution in [0.5, 0.6) is 0 Å². The van der Waals surface area contributed by atoms with E-state index >= 15 is 0 Å². The summed E-state index contributed by atoms with van der Waals surface area (Å²) in [7, 11) is 0. The Balaban J connectivity index is 1.35. The van der Waals surface area contributed by atoms with E-state index in [0.717, 1.165) is 55.6 Å². The quantitative estimate of drug-likeness (QED) is 0.205. The topological polar surface area (TPSA) is 38.9 Å². The summed E-state index contributed by atoms with van der Waals surface area (Å²) in [5.41, 5.74) is 9.00. The van der Waals surface area contributed by atoms with Crippen molar-refractivity contribution in [1.82, 2.24) is 9.97 Å². The van der Waals surface area contributed by atoms with Crippen LogP contribution in [-0.2, 0) is 0 Å². The third kappa shape index (κ3) is 3.75. The molecule has 0 aliphatic carbocycles. The highest BCUT2D eigenvalue weighted by Crippen LogP contribution is 2.46. The summed E-state index contributed by atoms with van der Waals surface area (Å²) in [6.45, 7) is 0. The molecule has 0 spiro atoms. The van der Waals surface area contributed by atoms with Crippen LogP contribution in [0, 0.1) is 0 Å². The lowest BCUT2D eigenvalue weighted by atomic mass is 9.90. The molecule has 7 aromatic carbocycles. The van der Waals surface area contributed by atoms with Gasteiger partial charge in [-0.15, -0.1) is 0 Å². The van der Waals surface area contributed by atoms with Crippen molar-refractivity contribution in [3.05, 3.63) is 146 Å². The number of hydrogen-bond acceptors (Lipinski definition) is 3. The van der Waals surface area contributed by atoms with Crippen molar-refractivity contribution in [1.29, 1.82) is 0 Å². The van der Waals surface area contributed by atoms with Crippen LogP contribution in [0.1, 0.15) is 0 Å². The van der Waals surface area contributed by atoms with Gasteiger partial charge in [0, 0.05) is 32.8 Å². The summed E-state index contributed by atoms with van der Waals surface area (Å²) in [6, 6.07) is 50.7. The molecule has 9 rings (SSSR count). The zero-order valence-corrected chi connectivity index (χ0v) is 23.2. The first-order valence-corrected chi connectivity index (χ1v) is 14.5. The van der Waals surface area contributed by atoms with Gasteiger partial charge in [0.1, 0.15) is 11.2 Å². The molecular weight excluding hydrogens is 524 g/mol. The van der Waals surface area contributed by atoms with Crippen molar-refractivity contribution in [3.8, 4) is 45.0 Å². The highest BCUT2D eigenvalue weighted by molar-refractivity contribution is 6.35. The molecule has 3 heteroatoms. The lowest BCUT2D eigenvalue weighted by molar-refractivity contribution is 0.669. The molecule has 0 aliphatic heterocycles. The zero-order valence-electron chi connectivity index (χ0n) is 23.2. The maximum Gasteiger partial charge on any atom is 0.160 e. The van der Waals surface area contributed by atoms with E-state index in [1.807, 2.05) is 24.3 Å². The van der Waals surface area contributed by atoms with E-state index in [1.54, 1.807) is 0 Å². The summed E-state index contributed by atoms with van der Waals surface area (Å²) >= 11 is 0. The van der Waals surface area contributed by atoms with Crippen LogP contribution in [0.3, 0.4) is 0 Å². The van der Waals surface area contributed by atoms with E-state index in [1.165, 1.54) is 27.1 Å². The van der Waals surface area contributed by atoms with E-state index in [4.69, 9.17) is 14.4 Å². The molecule has 9 aromatic rings. The summed E-state index contributed by atoms with van der Waals surface area (Å²) in [5, 5.41) is 7.09. The first-order valence-electron chi connectivity index (χ1n) is 14.5. The summed E-state index contributed by atoms with van der Waals surface area (Å²) in [6.07, 6.45) is 0. The first-order chi connectivity index (χ1) is 21.3. The molecule has 3 nitrogen and oxygen atoms in total. The molecule has 0 saturated carbocycles. The molecule has 0 bridgehead atoms. The standard InChI is InChI=1S/C40H24N2O/c1-3-11-25(12-4-1)27-15-9-16-28(23-27)33-24-34(42-40(41-33)26-13-5-2-6-14-26)32-21-22-36-39-37(32)30-18-8-7-17-29(30)31-19-10-20-35(43-36)38(31)39/h1-24H. The molecule has 0 amide bonds. The van der Waals surface area contributed by atoms with E-state index in [9.17, 15) is 0 Å². The van der Waals surface area contributed by atoms with Crippen molar-refractivity contribution < 1.29 is 4.42 Å². The number of furan rings is 1. The molecular formula is C40H24N2O. The molecule has 0 aliphatic rings. The van der Waals surface area contributed by atoms with Gasteiger partial charge in [0.25, 0.3) is 0 Å². The third-order valence-electron chi connectivity index (χ3n) is 8.45. The normalized spacial score (nSPS) is 11.7. The molecule has 2 aromatic heterocycles. The lowest BCUT2D eigenvalue weighted by Gasteiger charge is -2.14. The molecule has 0 atom stereocenters. The Hall–Kier alpha value is -5.80. The number of hydrogen-bond donors (Lipinski definition) is 0. The largest absolute Gasteiger partial charge is 0.456 e. The van der Waals surface area contributed by atoms with Gasteiger partial charge < -0.3 is 4.42 Å². The summed E-state index contributed by atoms with van der Waals surface area (Å²) in [4.78, 5) is 10.3. The third-order valence-corrected chi connectivity index (χ3v) is 8.45. The van der Waals surface area contributed by atoms with E-state index in [0.29, 0.717) is 5.82 Å². The van der Waals surface area contributed by atoms with Crippen molar-refractivity contribution in [2.75, 3.05) is 0 Å². The van der Waals surface area contributed by atoms with Crippen molar-refractivity contribution >= 4 is 43.5 Å². The highest BCUT2D eigenvalue weighted by Gasteiger charge is 2.21. The van der Waals surface area contributed by atoms with Gasteiger partial charge in [0.15, 0.2) is 5.82 Å². The maximum absolute atomic E-state index is 6.38. The van der Waals surface area contributed by atoms with Crippen LogP contribution in [0.15, 0.2) is 150 Å². The number of nitrogens with zero attached hydrogens (tertiary/aromatic N) is 2. The first kappa shape index (κ1) is 23.9. The van der Waals surface area contributed by atoms with Gasteiger partial charge in [-0.3, -0.25) is 0 Å². The van der Waals surface area contributed by atoms with Crippen LogP contribution in [-0.4, -0.2) is 9.97 Å². The number of aromatic nitrogens is 2. The summed E-state index contributed by atoms with van der Waals surface area (Å²) < 4.78 is 6.38. The Bertz CT molecular complexity index is 2440. The van der Waals surface area contributed by atoms with Crippen LogP contribution in [0.2, 0.25) is 0 Å². The monoisotopic (exact) mass is 548 g/mol. The molecule has 0 saturated heterocycles. The average molecular weight is 549 g/mol. The van der Waals surface area contributed by atoms with E-state index in [2.05, 4.69) is 121 Å². The van der Waals surface area contributed by atoms with Gasteiger partial charge in [-0.25, -0.2) is 9.97 Å². The summed E-state index contributed by atoms with van der Waals surface area (Å²) in [5.74, 6) is 0.701. The minimum Gasteiger partial charge on any atom is -0.456 e. The molecule has 0 N–H and O–H groups in total. The fourth-order valence-corrected chi connectivity index (χ4v) is 6.50. The zero-order chi connectivity index (χ0) is 28.3. The van der Waals surface area contributed by atoms with Crippen LogP contribution >= 0.6 is 0 Å². The van der Waals surface area contributed by atoms with Crippen molar-refractivity contribution in [2.24, 2.45) is 0 Å². The van der Waals surface area contributed by atoms with Gasteiger partial charge in [-0.1, -0.05) is 115 Å². The SMILES string of the molecule is c1ccc(-c2cccc(-c3cc(-c4ccc5oc6cccc7c8ccccc8c4c5c67)nc(-c4ccccc4)n3)c2)cc1. The van der Waals surface area contributed by atoms with Gasteiger partial charge in [0.2, 0.25) is 0 Å². The van der Waals surface area contributed by atoms with E-state index in [-0.39, 0.29) is 0 Å². The number of benzene rings is 7. The molecule has 43 heavy (non-hydrogen) atoms. The van der Waals surface area contributed by atoms with Crippen LogP contribution in [0.4, 0.5) is 0 Å². The predicted molar refractivity (Wildman–Crippen MR) is 177 cm³/mol. The second-order valence-electron chi connectivity index (χ2n) is 11.0. The number of rotatable bonds is 4. The fourth-order valence-electron chi connectivity index (χ4n) is 6.50. The molecule has 0 fully saturated rings. The molecule has 200 valence electrons. The van der Waals surface area contributed by atoms with Crippen LogP contribution < -0.4 is 0 Å². The molecule has 0 unspecified atom stereocenters. The Labute approximate surface area is 248 Å². The average Bonchev–Trinajstić information content (AvgIpc) is 3.48. The van der Waals surface area contributed by atoms with Gasteiger partial charge in [-0.2, -0.15) is 0 Å². The Kier molecular flexibility index (Phi) is 5.20. The predicted octanol–water partition coefficient (Wildman–Crippen LogP) is 10.8. The van der Waals surface area contributed by atoms with Gasteiger partial charge >= 0.3 is 0 Å². The molecule has 2 heterocycles. The Morgan fingerprint density at radius 1 is 0.372 bits per heavy atom. The van der Waals surface area contributed by atoms with E-state index < -0.39 is 0 Å². The fraction of sp³-hybridized carbons (Fsp3) is 0. The minimum atomic E-state index is 0.701. The van der Waals surface area contributed by atoms with Gasteiger partial charge in [-0.05, 0) is 57.6 Å². The second-order valence-corrected chi connectivity index (χ2v) is 11.0. The second kappa shape index (κ2) is 9.37. The van der Waals surface area contributed by atoms with Gasteiger partial charge in [0.05, 0.1) is 11.4 Å². The Morgan fingerprint density at radius 3 is 1.81 bits per heavy atom. The van der Waals surface area contributed by atoms with Crippen molar-refractivity contribution in [2.45, 2.75) is 0 Å². The van der Waals surface area contributed by atoms with Crippen LogP contribution in [0.25, 0.3) is 88.5 Å². The lowest BCUT2D eigenvalue weighted by Crippen LogP contribution is -1.97. The Morgan fingerprint density at radius 2 is 0.977 bits per heavy atom.